The number of aliphatic hydroxyl groups excluding tert-OH is 1. The van der Waals surface area contributed by atoms with Crippen LogP contribution in [0.4, 0.5) is 5.69 Å². The summed E-state index contributed by atoms with van der Waals surface area (Å²) in [6.45, 7) is 3.84. The number of hydrogen-bond acceptors (Lipinski definition) is 5. The Balaban J connectivity index is 1.90. The van der Waals surface area contributed by atoms with E-state index in [4.69, 9.17) is 4.42 Å². The number of benzene rings is 1. The SMILES string of the molecule is Cc1ccc(N2C(=O)C(O)=C(C(=O)c3ccco3)C2c2ccccn2)c(C)c1. The zero-order chi connectivity index (χ0) is 19.8. The summed E-state index contributed by atoms with van der Waals surface area (Å²) in [6, 6.07) is 13.1. The molecule has 0 saturated carbocycles. The van der Waals surface area contributed by atoms with Crippen molar-refractivity contribution in [1.29, 1.82) is 0 Å². The number of ketones is 1. The normalized spacial score (nSPS) is 16.7. The largest absolute Gasteiger partial charge is 0.503 e. The molecule has 3 aromatic rings. The molecule has 0 radical (unpaired) electrons. The monoisotopic (exact) mass is 374 g/mol. The fourth-order valence-corrected chi connectivity index (χ4v) is 3.52. The lowest BCUT2D eigenvalue weighted by atomic mass is 9.97. The number of nitrogens with zero attached hydrogens (tertiary/aromatic N) is 2. The molecule has 2 aromatic heterocycles. The van der Waals surface area contributed by atoms with Crippen LogP contribution in [0.5, 0.6) is 0 Å². The second kappa shape index (κ2) is 6.81. The third kappa shape index (κ3) is 2.79. The van der Waals surface area contributed by atoms with E-state index >= 15 is 0 Å². The van der Waals surface area contributed by atoms with E-state index in [1.165, 1.54) is 17.2 Å². The van der Waals surface area contributed by atoms with E-state index in [1.54, 1.807) is 30.5 Å². The number of aromatic nitrogens is 1. The second-order valence-corrected chi connectivity index (χ2v) is 6.69. The van der Waals surface area contributed by atoms with Crippen molar-refractivity contribution in [3.05, 3.63) is 94.9 Å². The molecule has 1 aliphatic heterocycles. The van der Waals surface area contributed by atoms with Gasteiger partial charge >= 0.3 is 0 Å². The molecule has 28 heavy (non-hydrogen) atoms. The van der Waals surface area contributed by atoms with Crippen LogP contribution in [0.25, 0.3) is 0 Å². The minimum absolute atomic E-state index is 0.0429. The number of anilines is 1. The molecule has 1 aromatic carbocycles. The van der Waals surface area contributed by atoms with Crippen LogP contribution in [0, 0.1) is 13.8 Å². The molecule has 1 N–H and O–H groups in total. The number of hydrogen-bond donors (Lipinski definition) is 1. The fourth-order valence-electron chi connectivity index (χ4n) is 3.52. The van der Waals surface area contributed by atoms with E-state index in [9.17, 15) is 14.7 Å². The molecule has 1 amide bonds. The Bertz CT molecular complexity index is 1080. The highest BCUT2D eigenvalue weighted by Crippen LogP contribution is 2.42. The first-order valence-electron chi connectivity index (χ1n) is 8.82. The Morgan fingerprint density at radius 2 is 1.96 bits per heavy atom. The smallest absolute Gasteiger partial charge is 0.294 e. The summed E-state index contributed by atoms with van der Waals surface area (Å²) in [5, 5.41) is 10.6. The van der Waals surface area contributed by atoms with Crippen LogP contribution >= 0.6 is 0 Å². The first kappa shape index (κ1) is 17.7. The Hall–Kier alpha value is -3.67. The summed E-state index contributed by atoms with van der Waals surface area (Å²) in [4.78, 5) is 31.8. The van der Waals surface area contributed by atoms with Gasteiger partial charge in [0.15, 0.2) is 11.5 Å². The molecule has 3 heterocycles. The molecule has 0 saturated heterocycles. The minimum Gasteiger partial charge on any atom is -0.503 e. The van der Waals surface area contributed by atoms with Gasteiger partial charge in [-0.2, -0.15) is 0 Å². The van der Waals surface area contributed by atoms with E-state index in [1.807, 2.05) is 32.0 Å². The standard InChI is InChI=1S/C22H18N2O4/c1-13-8-9-16(14(2)12-13)24-19(15-6-3-4-10-23-15)18(21(26)22(24)27)20(25)17-7-5-11-28-17/h3-12,19,26H,1-2H3. The van der Waals surface area contributed by atoms with Crippen molar-refractivity contribution in [2.45, 2.75) is 19.9 Å². The maximum Gasteiger partial charge on any atom is 0.294 e. The third-order valence-corrected chi connectivity index (χ3v) is 4.78. The fraction of sp³-hybridized carbons (Fsp3) is 0.136. The molecule has 0 bridgehead atoms. The number of rotatable bonds is 4. The highest BCUT2D eigenvalue weighted by molar-refractivity contribution is 6.20. The number of aryl methyl sites for hydroxylation is 2. The van der Waals surface area contributed by atoms with Crippen molar-refractivity contribution in [1.82, 2.24) is 4.98 Å². The van der Waals surface area contributed by atoms with Crippen molar-refractivity contribution in [2.75, 3.05) is 4.90 Å². The van der Waals surface area contributed by atoms with Gasteiger partial charge in [-0.1, -0.05) is 23.8 Å². The van der Waals surface area contributed by atoms with Gasteiger partial charge < -0.3 is 9.52 Å². The molecular weight excluding hydrogens is 356 g/mol. The zero-order valence-corrected chi connectivity index (χ0v) is 15.4. The first-order valence-corrected chi connectivity index (χ1v) is 8.82. The molecule has 0 spiro atoms. The first-order chi connectivity index (χ1) is 13.5. The molecule has 140 valence electrons. The summed E-state index contributed by atoms with van der Waals surface area (Å²) in [6.07, 6.45) is 2.96. The molecule has 0 fully saturated rings. The number of Topliss-reactive ketones (excluding diaryl/α,β-unsaturated/α-hetero) is 1. The van der Waals surface area contributed by atoms with Crippen molar-refractivity contribution in [3.63, 3.8) is 0 Å². The van der Waals surface area contributed by atoms with Gasteiger partial charge in [0.25, 0.3) is 5.91 Å². The molecular formula is C22H18N2O4. The van der Waals surface area contributed by atoms with E-state index < -0.39 is 23.5 Å². The van der Waals surface area contributed by atoms with Crippen LogP contribution in [0.1, 0.15) is 33.4 Å². The van der Waals surface area contributed by atoms with E-state index in [0.717, 1.165) is 11.1 Å². The van der Waals surface area contributed by atoms with Gasteiger partial charge in [-0.3, -0.25) is 19.5 Å². The maximum atomic E-state index is 13.0. The number of furan rings is 1. The van der Waals surface area contributed by atoms with Crippen LogP contribution in [-0.2, 0) is 4.79 Å². The number of pyridine rings is 1. The average Bonchev–Trinajstić information content (AvgIpc) is 3.31. The Morgan fingerprint density at radius 1 is 1.14 bits per heavy atom. The van der Waals surface area contributed by atoms with Gasteiger partial charge in [-0.25, -0.2) is 0 Å². The topological polar surface area (TPSA) is 83.6 Å². The molecule has 6 heteroatoms. The molecule has 1 aliphatic rings. The summed E-state index contributed by atoms with van der Waals surface area (Å²) in [5.41, 5.74) is 2.95. The predicted octanol–water partition coefficient (Wildman–Crippen LogP) is 4.07. The molecule has 4 rings (SSSR count). The Labute approximate surface area is 161 Å². The minimum atomic E-state index is -0.854. The second-order valence-electron chi connectivity index (χ2n) is 6.69. The number of amides is 1. The summed E-state index contributed by atoms with van der Waals surface area (Å²) < 4.78 is 5.21. The van der Waals surface area contributed by atoms with E-state index in [-0.39, 0.29) is 11.3 Å². The van der Waals surface area contributed by atoms with Gasteiger partial charge in [-0.15, -0.1) is 0 Å². The van der Waals surface area contributed by atoms with Crippen LogP contribution in [-0.4, -0.2) is 21.8 Å². The van der Waals surface area contributed by atoms with Crippen LogP contribution in [0.2, 0.25) is 0 Å². The molecule has 0 aliphatic carbocycles. The molecule has 1 unspecified atom stereocenters. The molecule has 1 atom stereocenters. The molecule has 6 nitrogen and oxygen atoms in total. The highest BCUT2D eigenvalue weighted by Gasteiger charge is 2.46. The van der Waals surface area contributed by atoms with Gasteiger partial charge in [-0.05, 0) is 49.7 Å². The number of carbonyl (C=O) groups excluding carboxylic acids is 2. The lowest BCUT2D eigenvalue weighted by Gasteiger charge is -2.27. The van der Waals surface area contributed by atoms with E-state index in [0.29, 0.717) is 11.4 Å². The van der Waals surface area contributed by atoms with Crippen LogP contribution < -0.4 is 4.90 Å². The van der Waals surface area contributed by atoms with Gasteiger partial charge in [0.1, 0.15) is 6.04 Å². The quantitative estimate of drug-likeness (QED) is 0.696. The highest BCUT2D eigenvalue weighted by atomic mass is 16.3. The van der Waals surface area contributed by atoms with E-state index in [2.05, 4.69) is 4.98 Å². The van der Waals surface area contributed by atoms with Gasteiger partial charge in [0.05, 0.1) is 17.5 Å². The Kier molecular flexibility index (Phi) is 4.31. The van der Waals surface area contributed by atoms with Crippen LogP contribution in [0.3, 0.4) is 0 Å². The van der Waals surface area contributed by atoms with Crippen molar-refractivity contribution < 1.29 is 19.1 Å². The number of carbonyl (C=O) groups is 2. The average molecular weight is 374 g/mol. The predicted molar refractivity (Wildman–Crippen MR) is 103 cm³/mol. The van der Waals surface area contributed by atoms with Gasteiger partial charge in [0, 0.05) is 11.9 Å². The Morgan fingerprint density at radius 3 is 2.61 bits per heavy atom. The lowest BCUT2D eigenvalue weighted by molar-refractivity contribution is -0.117. The maximum absolute atomic E-state index is 13.0. The summed E-state index contributed by atoms with van der Waals surface area (Å²) in [7, 11) is 0. The van der Waals surface area contributed by atoms with Gasteiger partial charge in [0.2, 0.25) is 5.78 Å². The van der Waals surface area contributed by atoms with Crippen molar-refractivity contribution in [3.8, 4) is 0 Å². The zero-order valence-electron chi connectivity index (χ0n) is 15.4. The van der Waals surface area contributed by atoms with Crippen molar-refractivity contribution in [2.24, 2.45) is 0 Å². The summed E-state index contributed by atoms with van der Waals surface area (Å²) in [5.74, 6) is -1.72. The lowest BCUT2D eigenvalue weighted by Crippen LogP contribution is -2.32. The summed E-state index contributed by atoms with van der Waals surface area (Å²) >= 11 is 0. The van der Waals surface area contributed by atoms with Crippen LogP contribution in [0.15, 0.2) is 76.7 Å². The third-order valence-electron chi connectivity index (χ3n) is 4.78. The van der Waals surface area contributed by atoms with Crippen molar-refractivity contribution >= 4 is 17.4 Å². The number of aliphatic hydroxyl groups is 1.